The van der Waals surface area contributed by atoms with E-state index < -0.39 is 17.6 Å². The van der Waals surface area contributed by atoms with Crippen LogP contribution in [0, 0.1) is 19.7 Å². The van der Waals surface area contributed by atoms with Crippen LogP contribution in [0.4, 0.5) is 28.9 Å². The summed E-state index contributed by atoms with van der Waals surface area (Å²) in [5, 5.41) is 6.40. The van der Waals surface area contributed by atoms with Crippen molar-refractivity contribution in [2.75, 3.05) is 17.2 Å². The lowest BCUT2D eigenvalue weighted by molar-refractivity contribution is -0.137. The summed E-state index contributed by atoms with van der Waals surface area (Å²) in [7, 11) is 0. The zero-order valence-electron chi connectivity index (χ0n) is 18.2. The zero-order valence-corrected chi connectivity index (χ0v) is 18.2. The van der Waals surface area contributed by atoms with E-state index in [1.165, 1.54) is 24.3 Å². The van der Waals surface area contributed by atoms with E-state index in [1.807, 2.05) is 13.8 Å². The molecule has 168 valence electrons. The number of alkyl halides is 3. The quantitative estimate of drug-likeness (QED) is 0.373. The minimum Gasteiger partial charge on any atom is -0.385 e. The lowest BCUT2D eigenvalue weighted by Crippen LogP contribution is -2.09. The van der Waals surface area contributed by atoms with Gasteiger partial charge in [-0.25, -0.2) is 4.39 Å². The van der Waals surface area contributed by atoms with E-state index in [0.717, 1.165) is 23.7 Å². The van der Waals surface area contributed by atoms with Gasteiger partial charge >= 0.3 is 6.18 Å². The number of hydrogen-bond acceptors (Lipinski definition) is 3. The molecule has 0 aliphatic rings. The first-order chi connectivity index (χ1) is 15.1. The Balaban J connectivity index is 2.02. The molecule has 0 aliphatic heterocycles. The molecule has 1 aromatic heterocycles. The van der Waals surface area contributed by atoms with E-state index in [2.05, 4.69) is 22.2 Å². The van der Waals surface area contributed by atoms with Crippen molar-refractivity contribution in [1.82, 2.24) is 4.98 Å². The van der Waals surface area contributed by atoms with Crippen LogP contribution in [0.2, 0.25) is 0 Å². The van der Waals surface area contributed by atoms with Crippen molar-refractivity contribution >= 4 is 17.1 Å². The molecular formula is C25H25F4N3. The highest BCUT2D eigenvalue weighted by atomic mass is 19.4. The number of aryl methyl sites for hydroxylation is 1. The fourth-order valence-electron chi connectivity index (χ4n) is 3.37. The molecule has 3 rings (SSSR count). The molecule has 0 atom stereocenters. The van der Waals surface area contributed by atoms with Crippen molar-refractivity contribution in [3.05, 3.63) is 83.3 Å². The van der Waals surface area contributed by atoms with Crippen LogP contribution in [0.5, 0.6) is 0 Å². The van der Waals surface area contributed by atoms with E-state index >= 15 is 0 Å². The molecular weight excluding hydrogens is 418 g/mol. The first kappa shape index (κ1) is 23.3. The third-order valence-corrected chi connectivity index (χ3v) is 5.18. The average molecular weight is 443 g/mol. The molecule has 0 bridgehead atoms. The monoisotopic (exact) mass is 443 g/mol. The van der Waals surface area contributed by atoms with Crippen LogP contribution in [-0.4, -0.2) is 11.5 Å². The number of aromatic nitrogens is 1. The second kappa shape index (κ2) is 9.42. The number of halogens is 4. The Bertz CT molecular complexity index is 1140. The Labute approximate surface area is 185 Å². The van der Waals surface area contributed by atoms with Gasteiger partial charge in [0.05, 0.1) is 11.3 Å². The fourth-order valence-corrected chi connectivity index (χ4v) is 3.37. The third kappa shape index (κ3) is 5.10. The summed E-state index contributed by atoms with van der Waals surface area (Å²) >= 11 is 0. The first-order valence-corrected chi connectivity index (χ1v) is 10.3. The van der Waals surface area contributed by atoms with Crippen LogP contribution in [0.3, 0.4) is 0 Å². The molecule has 1 heterocycles. The SMILES string of the molecule is C=C(Nc1cc(-c2ccccc2C(F)(F)F)nc(C)c1C)c1cc(F)ccc1NCCC. The molecule has 7 heteroatoms. The number of hydrogen-bond donors (Lipinski definition) is 2. The molecule has 2 aromatic carbocycles. The molecule has 0 unspecified atom stereocenters. The molecule has 0 amide bonds. The van der Waals surface area contributed by atoms with Gasteiger partial charge in [-0.15, -0.1) is 0 Å². The molecule has 0 aliphatic carbocycles. The van der Waals surface area contributed by atoms with Crippen molar-refractivity contribution in [3.8, 4) is 11.3 Å². The molecule has 0 fully saturated rings. The third-order valence-electron chi connectivity index (χ3n) is 5.18. The molecule has 32 heavy (non-hydrogen) atoms. The largest absolute Gasteiger partial charge is 0.417 e. The normalized spacial score (nSPS) is 11.3. The van der Waals surface area contributed by atoms with Crippen LogP contribution >= 0.6 is 0 Å². The van der Waals surface area contributed by atoms with Gasteiger partial charge < -0.3 is 10.6 Å². The number of pyridine rings is 1. The van der Waals surface area contributed by atoms with Crippen molar-refractivity contribution in [2.45, 2.75) is 33.4 Å². The van der Waals surface area contributed by atoms with Gasteiger partial charge in [-0.05, 0) is 56.2 Å². The number of nitrogens with one attached hydrogen (secondary N) is 2. The van der Waals surface area contributed by atoms with E-state index in [0.29, 0.717) is 29.2 Å². The summed E-state index contributed by atoms with van der Waals surface area (Å²) in [6.07, 6.45) is -3.61. The van der Waals surface area contributed by atoms with E-state index in [1.54, 1.807) is 25.1 Å². The summed E-state index contributed by atoms with van der Waals surface area (Å²) in [6, 6.07) is 11.3. The number of benzene rings is 2. The number of rotatable bonds is 7. The maximum absolute atomic E-state index is 13.9. The van der Waals surface area contributed by atoms with Crippen LogP contribution in [-0.2, 0) is 6.18 Å². The summed E-state index contributed by atoms with van der Waals surface area (Å²) in [4.78, 5) is 4.39. The van der Waals surface area contributed by atoms with Gasteiger partial charge in [-0.1, -0.05) is 31.7 Å². The van der Waals surface area contributed by atoms with Gasteiger partial charge in [0, 0.05) is 40.4 Å². The lowest BCUT2D eigenvalue weighted by atomic mass is 10.0. The molecule has 0 saturated carbocycles. The zero-order chi connectivity index (χ0) is 23.5. The van der Waals surface area contributed by atoms with Gasteiger partial charge in [0.2, 0.25) is 0 Å². The summed E-state index contributed by atoms with van der Waals surface area (Å²) < 4.78 is 54.5. The second-order valence-corrected chi connectivity index (χ2v) is 7.53. The van der Waals surface area contributed by atoms with Gasteiger partial charge in [-0.2, -0.15) is 13.2 Å². The molecule has 2 N–H and O–H groups in total. The second-order valence-electron chi connectivity index (χ2n) is 7.53. The van der Waals surface area contributed by atoms with Crippen molar-refractivity contribution in [3.63, 3.8) is 0 Å². The number of anilines is 2. The Kier molecular flexibility index (Phi) is 6.87. The van der Waals surface area contributed by atoms with Crippen LogP contribution in [0.15, 0.2) is 55.1 Å². The standard InChI is InChI=1S/C25H25F4N3/c1-5-12-30-22-11-10-18(26)13-20(22)17(4)32-23-14-24(31-16(3)15(23)2)19-8-6-7-9-21(19)25(27,28)29/h6-11,13-14,30H,4-5,12H2,1-3H3,(H,31,32). The molecule has 0 spiro atoms. The summed E-state index contributed by atoms with van der Waals surface area (Å²) in [6.45, 7) is 10.3. The highest BCUT2D eigenvalue weighted by Gasteiger charge is 2.33. The maximum atomic E-state index is 13.9. The van der Waals surface area contributed by atoms with Gasteiger partial charge in [0.25, 0.3) is 0 Å². The minimum absolute atomic E-state index is 0.00665. The predicted octanol–water partition coefficient (Wildman–Crippen LogP) is 7.43. The van der Waals surface area contributed by atoms with E-state index in [9.17, 15) is 17.6 Å². The lowest BCUT2D eigenvalue weighted by Gasteiger charge is -2.19. The van der Waals surface area contributed by atoms with Crippen LogP contribution in [0.1, 0.15) is 35.7 Å². The molecule has 3 nitrogen and oxygen atoms in total. The molecule has 0 radical (unpaired) electrons. The minimum atomic E-state index is -4.50. The summed E-state index contributed by atoms with van der Waals surface area (Å²) in [5.74, 6) is -0.410. The fraction of sp³-hybridized carbons (Fsp3) is 0.240. The Morgan fingerprint density at radius 3 is 2.44 bits per heavy atom. The smallest absolute Gasteiger partial charge is 0.385 e. The van der Waals surface area contributed by atoms with Gasteiger partial charge in [0.1, 0.15) is 5.82 Å². The Morgan fingerprint density at radius 2 is 1.75 bits per heavy atom. The molecule has 3 aromatic rings. The predicted molar refractivity (Wildman–Crippen MR) is 122 cm³/mol. The van der Waals surface area contributed by atoms with Gasteiger partial charge in [0.15, 0.2) is 0 Å². The first-order valence-electron chi connectivity index (χ1n) is 10.3. The van der Waals surface area contributed by atoms with Crippen molar-refractivity contribution in [1.29, 1.82) is 0 Å². The van der Waals surface area contributed by atoms with Crippen molar-refractivity contribution < 1.29 is 17.6 Å². The van der Waals surface area contributed by atoms with E-state index in [4.69, 9.17) is 0 Å². The maximum Gasteiger partial charge on any atom is 0.417 e. The number of nitrogens with zero attached hydrogens (tertiary/aromatic N) is 1. The highest BCUT2D eigenvalue weighted by molar-refractivity contribution is 5.84. The van der Waals surface area contributed by atoms with Crippen LogP contribution in [0.25, 0.3) is 17.0 Å². The van der Waals surface area contributed by atoms with Gasteiger partial charge in [-0.3, -0.25) is 4.98 Å². The Morgan fingerprint density at radius 1 is 1.03 bits per heavy atom. The molecule has 0 saturated heterocycles. The van der Waals surface area contributed by atoms with Crippen molar-refractivity contribution in [2.24, 2.45) is 0 Å². The highest BCUT2D eigenvalue weighted by Crippen LogP contribution is 2.38. The Hall–Kier alpha value is -3.35. The van der Waals surface area contributed by atoms with Crippen LogP contribution < -0.4 is 10.6 Å². The van der Waals surface area contributed by atoms with E-state index in [-0.39, 0.29) is 11.3 Å². The average Bonchev–Trinajstić information content (AvgIpc) is 2.75. The summed E-state index contributed by atoms with van der Waals surface area (Å²) in [5.41, 5.74) is 3.02. The topological polar surface area (TPSA) is 37.0 Å².